The van der Waals surface area contributed by atoms with Crippen LogP contribution in [0.4, 0.5) is 0 Å². The number of nitrogens with one attached hydrogen (secondary N) is 1. The van der Waals surface area contributed by atoms with Crippen LogP contribution in [0.2, 0.25) is 0 Å². The van der Waals surface area contributed by atoms with Crippen molar-refractivity contribution in [1.29, 1.82) is 0 Å². The van der Waals surface area contributed by atoms with Crippen molar-refractivity contribution in [3.8, 4) is 5.75 Å². The molecule has 0 spiro atoms. The normalized spacial score (nSPS) is 20.7. The van der Waals surface area contributed by atoms with E-state index in [0.29, 0.717) is 6.10 Å². The van der Waals surface area contributed by atoms with Gasteiger partial charge in [0, 0.05) is 12.6 Å². The second-order valence-corrected chi connectivity index (χ2v) is 5.32. The van der Waals surface area contributed by atoms with Gasteiger partial charge >= 0.3 is 0 Å². The quantitative estimate of drug-likeness (QED) is 0.840. The van der Waals surface area contributed by atoms with Gasteiger partial charge in [-0.2, -0.15) is 0 Å². The lowest BCUT2D eigenvalue weighted by Gasteiger charge is -2.13. The zero-order valence-corrected chi connectivity index (χ0v) is 10.3. The topological polar surface area (TPSA) is 21.3 Å². The summed E-state index contributed by atoms with van der Waals surface area (Å²) in [5.41, 5.74) is 1.36. The smallest absolute Gasteiger partial charge is 0.119 e. The summed E-state index contributed by atoms with van der Waals surface area (Å²) in [6, 6.07) is 9.37. The molecule has 0 radical (unpaired) electrons. The second-order valence-electron chi connectivity index (χ2n) is 5.32. The Morgan fingerprint density at radius 3 is 2.35 bits per heavy atom. The molecule has 2 nitrogen and oxygen atoms in total. The molecule has 1 aromatic rings. The van der Waals surface area contributed by atoms with Crippen LogP contribution in [-0.4, -0.2) is 12.1 Å². The van der Waals surface area contributed by atoms with Crippen LogP contribution in [0.5, 0.6) is 5.75 Å². The summed E-state index contributed by atoms with van der Waals surface area (Å²) in [6.45, 7) is 0.994. The molecule has 17 heavy (non-hydrogen) atoms. The molecule has 0 atom stereocenters. The minimum Gasteiger partial charge on any atom is -0.490 e. The van der Waals surface area contributed by atoms with Gasteiger partial charge in [0.25, 0.3) is 0 Å². The molecule has 0 aliphatic heterocycles. The maximum atomic E-state index is 5.95. The van der Waals surface area contributed by atoms with Gasteiger partial charge in [-0.05, 0) is 56.2 Å². The standard InChI is InChI=1S/C15H21NO/c1-2-4-14(3-1)17-15-9-5-12(6-10-15)11-16-13-7-8-13/h5-6,9-10,13-14,16H,1-4,7-8,11H2. The molecule has 0 aromatic heterocycles. The molecule has 92 valence electrons. The Hall–Kier alpha value is -1.02. The van der Waals surface area contributed by atoms with Gasteiger partial charge in [-0.3, -0.25) is 0 Å². The number of benzene rings is 1. The zero-order valence-electron chi connectivity index (χ0n) is 10.3. The number of ether oxygens (including phenoxy) is 1. The van der Waals surface area contributed by atoms with Gasteiger partial charge in [-0.25, -0.2) is 0 Å². The van der Waals surface area contributed by atoms with Gasteiger partial charge in [0.1, 0.15) is 5.75 Å². The minimum atomic E-state index is 0.463. The molecule has 2 heteroatoms. The maximum absolute atomic E-state index is 5.95. The highest BCUT2D eigenvalue weighted by molar-refractivity contribution is 5.27. The summed E-state index contributed by atoms with van der Waals surface area (Å²) in [5, 5.41) is 3.52. The van der Waals surface area contributed by atoms with Gasteiger partial charge < -0.3 is 10.1 Å². The Morgan fingerprint density at radius 1 is 1.00 bits per heavy atom. The van der Waals surface area contributed by atoms with Crippen molar-refractivity contribution in [2.24, 2.45) is 0 Å². The van der Waals surface area contributed by atoms with Gasteiger partial charge in [0.05, 0.1) is 6.10 Å². The lowest BCUT2D eigenvalue weighted by molar-refractivity contribution is 0.210. The molecule has 2 saturated carbocycles. The van der Waals surface area contributed by atoms with Gasteiger partial charge in [-0.1, -0.05) is 12.1 Å². The van der Waals surface area contributed by atoms with E-state index in [1.165, 1.54) is 44.1 Å². The van der Waals surface area contributed by atoms with Crippen molar-refractivity contribution in [3.05, 3.63) is 29.8 Å². The molecule has 0 heterocycles. The summed E-state index contributed by atoms with van der Waals surface area (Å²) in [7, 11) is 0. The number of hydrogen-bond donors (Lipinski definition) is 1. The Labute approximate surface area is 103 Å². The number of rotatable bonds is 5. The molecule has 2 aliphatic carbocycles. The van der Waals surface area contributed by atoms with Crippen LogP contribution in [-0.2, 0) is 6.54 Å². The Morgan fingerprint density at radius 2 is 1.71 bits per heavy atom. The largest absolute Gasteiger partial charge is 0.490 e. The third-order valence-corrected chi connectivity index (χ3v) is 3.70. The second kappa shape index (κ2) is 5.09. The maximum Gasteiger partial charge on any atom is 0.119 e. The predicted molar refractivity (Wildman–Crippen MR) is 69.2 cm³/mol. The van der Waals surface area contributed by atoms with E-state index in [-0.39, 0.29) is 0 Å². The number of hydrogen-bond acceptors (Lipinski definition) is 2. The lowest BCUT2D eigenvalue weighted by Crippen LogP contribution is -2.15. The average molecular weight is 231 g/mol. The first-order valence-electron chi connectivity index (χ1n) is 6.89. The van der Waals surface area contributed by atoms with E-state index < -0.39 is 0 Å². The van der Waals surface area contributed by atoms with Gasteiger partial charge in [0.2, 0.25) is 0 Å². The van der Waals surface area contributed by atoms with Crippen LogP contribution >= 0.6 is 0 Å². The average Bonchev–Trinajstić information content (AvgIpc) is 3.05. The third kappa shape index (κ3) is 3.22. The fourth-order valence-corrected chi connectivity index (χ4v) is 2.43. The Bertz CT molecular complexity index is 350. The SMILES string of the molecule is c1cc(OC2CCCC2)ccc1CNC1CC1. The van der Waals surface area contributed by atoms with E-state index in [1.54, 1.807) is 0 Å². The van der Waals surface area contributed by atoms with E-state index >= 15 is 0 Å². The van der Waals surface area contributed by atoms with Crippen molar-refractivity contribution in [1.82, 2.24) is 5.32 Å². The molecule has 0 unspecified atom stereocenters. The first-order valence-corrected chi connectivity index (χ1v) is 6.89. The van der Waals surface area contributed by atoms with E-state index in [0.717, 1.165) is 18.3 Å². The minimum absolute atomic E-state index is 0.463. The summed E-state index contributed by atoms with van der Waals surface area (Å²) >= 11 is 0. The molecule has 0 saturated heterocycles. The first kappa shape index (κ1) is 11.1. The van der Waals surface area contributed by atoms with E-state index in [9.17, 15) is 0 Å². The van der Waals surface area contributed by atoms with Crippen molar-refractivity contribution in [2.45, 2.75) is 57.2 Å². The Balaban J connectivity index is 1.51. The van der Waals surface area contributed by atoms with Crippen LogP contribution in [0.15, 0.2) is 24.3 Å². The Kier molecular flexibility index (Phi) is 3.32. The van der Waals surface area contributed by atoms with Crippen molar-refractivity contribution >= 4 is 0 Å². The van der Waals surface area contributed by atoms with E-state index in [1.807, 2.05) is 0 Å². The zero-order chi connectivity index (χ0) is 11.5. The lowest BCUT2D eigenvalue weighted by atomic mass is 10.2. The molecule has 0 bridgehead atoms. The summed E-state index contributed by atoms with van der Waals surface area (Å²) in [4.78, 5) is 0. The summed E-state index contributed by atoms with van der Waals surface area (Å²) < 4.78 is 5.95. The van der Waals surface area contributed by atoms with Crippen molar-refractivity contribution in [3.63, 3.8) is 0 Å². The molecule has 2 aliphatic rings. The highest BCUT2D eigenvalue weighted by Gasteiger charge is 2.20. The van der Waals surface area contributed by atoms with Crippen LogP contribution in [0.3, 0.4) is 0 Å². The fourth-order valence-electron chi connectivity index (χ4n) is 2.43. The van der Waals surface area contributed by atoms with E-state index in [4.69, 9.17) is 4.74 Å². The van der Waals surface area contributed by atoms with Crippen LogP contribution < -0.4 is 10.1 Å². The van der Waals surface area contributed by atoms with Crippen molar-refractivity contribution in [2.75, 3.05) is 0 Å². The molecule has 2 fully saturated rings. The molecule has 1 aromatic carbocycles. The van der Waals surface area contributed by atoms with Crippen molar-refractivity contribution < 1.29 is 4.74 Å². The van der Waals surface area contributed by atoms with Gasteiger partial charge in [0.15, 0.2) is 0 Å². The highest BCUT2D eigenvalue weighted by atomic mass is 16.5. The fraction of sp³-hybridized carbons (Fsp3) is 0.600. The molecule has 3 rings (SSSR count). The van der Waals surface area contributed by atoms with Crippen LogP contribution in [0, 0.1) is 0 Å². The van der Waals surface area contributed by atoms with Crippen LogP contribution in [0.1, 0.15) is 44.1 Å². The highest BCUT2D eigenvalue weighted by Crippen LogP contribution is 2.24. The first-order chi connectivity index (χ1) is 8.40. The van der Waals surface area contributed by atoms with E-state index in [2.05, 4.69) is 29.6 Å². The molecule has 1 N–H and O–H groups in total. The predicted octanol–water partition coefficient (Wildman–Crippen LogP) is 3.26. The summed E-state index contributed by atoms with van der Waals surface area (Å²) in [5.74, 6) is 1.03. The summed E-state index contributed by atoms with van der Waals surface area (Å²) in [6.07, 6.45) is 8.27. The van der Waals surface area contributed by atoms with Gasteiger partial charge in [-0.15, -0.1) is 0 Å². The van der Waals surface area contributed by atoms with Crippen LogP contribution in [0.25, 0.3) is 0 Å². The third-order valence-electron chi connectivity index (χ3n) is 3.70. The molecule has 0 amide bonds. The molecular weight excluding hydrogens is 210 g/mol. The molecular formula is C15H21NO. The monoisotopic (exact) mass is 231 g/mol.